The van der Waals surface area contributed by atoms with E-state index in [-0.39, 0.29) is 0 Å². The minimum absolute atomic E-state index is 0.650. The van der Waals surface area contributed by atoms with Crippen LogP contribution in [0.15, 0.2) is 48.1 Å². The molecule has 0 saturated carbocycles. The second kappa shape index (κ2) is 5.76. The molecule has 0 aliphatic heterocycles. The van der Waals surface area contributed by atoms with Crippen LogP contribution in [0.4, 0.5) is 0 Å². The molecule has 3 aromatic heterocycles. The molecule has 6 heteroatoms. The van der Waals surface area contributed by atoms with Gasteiger partial charge in [0, 0.05) is 42.2 Å². The Kier molecular flexibility index (Phi) is 3.59. The van der Waals surface area contributed by atoms with Crippen molar-refractivity contribution in [3.63, 3.8) is 0 Å². The highest BCUT2D eigenvalue weighted by molar-refractivity contribution is 7.09. The van der Waals surface area contributed by atoms with Gasteiger partial charge < -0.3 is 0 Å². The molecular weight excluding hydrogens is 328 g/mol. The number of aryl methyl sites for hydroxylation is 1. The summed E-state index contributed by atoms with van der Waals surface area (Å²) in [7, 11) is 1.96. The molecule has 0 N–H and O–H groups in total. The van der Waals surface area contributed by atoms with E-state index in [0.717, 1.165) is 39.3 Å². The SMILES string of the molecule is Cn1nc(Cc2nccs2)c2cc(-c3ncccc3Cl)ccc21. The zero-order chi connectivity index (χ0) is 15.8. The van der Waals surface area contributed by atoms with E-state index in [9.17, 15) is 0 Å². The number of aromatic nitrogens is 4. The standard InChI is InChI=1S/C17H13ClN4S/c1-22-15-5-4-11(17-13(18)3-2-6-20-17)9-12(15)14(21-22)10-16-19-7-8-23-16/h2-9H,10H2,1H3. The summed E-state index contributed by atoms with van der Waals surface area (Å²) in [4.78, 5) is 8.76. The Morgan fingerprint density at radius 3 is 2.87 bits per heavy atom. The molecule has 4 rings (SSSR count). The van der Waals surface area contributed by atoms with Crippen LogP contribution in [0.5, 0.6) is 0 Å². The molecule has 0 aliphatic carbocycles. The van der Waals surface area contributed by atoms with Crippen LogP contribution in [0, 0.1) is 0 Å². The molecule has 0 bridgehead atoms. The van der Waals surface area contributed by atoms with Crippen LogP contribution in [-0.2, 0) is 13.5 Å². The first-order chi connectivity index (χ1) is 11.2. The van der Waals surface area contributed by atoms with Crippen molar-refractivity contribution < 1.29 is 0 Å². The molecule has 1 aromatic carbocycles. The van der Waals surface area contributed by atoms with Gasteiger partial charge in [0.15, 0.2) is 0 Å². The lowest BCUT2D eigenvalue weighted by atomic mass is 10.1. The maximum absolute atomic E-state index is 6.28. The first-order valence-electron chi connectivity index (χ1n) is 7.17. The first kappa shape index (κ1) is 14.4. The zero-order valence-corrected chi connectivity index (χ0v) is 14.0. The first-order valence-corrected chi connectivity index (χ1v) is 8.43. The van der Waals surface area contributed by atoms with Gasteiger partial charge in [-0.15, -0.1) is 11.3 Å². The van der Waals surface area contributed by atoms with Crippen LogP contribution < -0.4 is 0 Å². The smallest absolute Gasteiger partial charge is 0.0985 e. The maximum Gasteiger partial charge on any atom is 0.0985 e. The molecule has 0 spiro atoms. The monoisotopic (exact) mass is 340 g/mol. The number of pyridine rings is 1. The Morgan fingerprint density at radius 1 is 1.17 bits per heavy atom. The van der Waals surface area contributed by atoms with E-state index in [1.165, 1.54) is 0 Å². The van der Waals surface area contributed by atoms with E-state index in [1.807, 2.05) is 41.5 Å². The third-order valence-electron chi connectivity index (χ3n) is 3.76. The van der Waals surface area contributed by atoms with Crippen LogP contribution in [-0.4, -0.2) is 19.7 Å². The summed E-state index contributed by atoms with van der Waals surface area (Å²) >= 11 is 7.92. The molecule has 114 valence electrons. The second-order valence-electron chi connectivity index (χ2n) is 5.24. The number of nitrogens with zero attached hydrogens (tertiary/aromatic N) is 4. The van der Waals surface area contributed by atoms with E-state index in [4.69, 9.17) is 11.6 Å². The minimum atomic E-state index is 0.650. The quantitative estimate of drug-likeness (QED) is 0.557. The fraction of sp³-hybridized carbons (Fsp3) is 0.118. The third kappa shape index (κ3) is 2.62. The van der Waals surface area contributed by atoms with Gasteiger partial charge in [-0.3, -0.25) is 9.67 Å². The summed E-state index contributed by atoms with van der Waals surface area (Å²) in [5, 5.41) is 9.46. The predicted octanol–water partition coefficient (Wildman–Crippen LogP) is 4.34. The minimum Gasteiger partial charge on any atom is -0.268 e. The number of hydrogen-bond donors (Lipinski definition) is 0. The van der Waals surface area contributed by atoms with Crippen molar-refractivity contribution in [2.24, 2.45) is 7.05 Å². The van der Waals surface area contributed by atoms with Crippen molar-refractivity contribution in [3.05, 3.63) is 63.8 Å². The fourth-order valence-corrected chi connectivity index (χ4v) is 3.55. The van der Waals surface area contributed by atoms with Gasteiger partial charge in [0.05, 0.1) is 26.9 Å². The van der Waals surface area contributed by atoms with Gasteiger partial charge in [-0.1, -0.05) is 17.7 Å². The average Bonchev–Trinajstić information content (AvgIpc) is 3.17. The molecule has 0 unspecified atom stereocenters. The van der Waals surface area contributed by atoms with Crippen molar-refractivity contribution in [1.29, 1.82) is 0 Å². The Bertz CT molecular complexity index is 976. The van der Waals surface area contributed by atoms with Crippen LogP contribution >= 0.6 is 22.9 Å². The van der Waals surface area contributed by atoms with E-state index >= 15 is 0 Å². The summed E-state index contributed by atoms with van der Waals surface area (Å²) in [6.45, 7) is 0. The molecule has 4 aromatic rings. The lowest BCUT2D eigenvalue weighted by Crippen LogP contribution is -1.92. The second-order valence-corrected chi connectivity index (χ2v) is 6.62. The molecule has 0 atom stereocenters. The van der Waals surface area contributed by atoms with Crippen molar-refractivity contribution >= 4 is 33.8 Å². The van der Waals surface area contributed by atoms with Crippen LogP contribution in [0.25, 0.3) is 22.2 Å². The Labute approximate surface area is 142 Å². The molecular formula is C17H13ClN4S. The van der Waals surface area contributed by atoms with E-state index in [2.05, 4.69) is 27.2 Å². The summed E-state index contributed by atoms with van der Waals surface area (Å²) in [6.07, 6.45) is 4.31. The molecule has 0 amide bonds. The highest BCUT2D eigenvalue weighted by atomic mass is 35.5. The average molecular weight is 341 g/mol. The molecule has 4 nitrogen and oxygen atoms in total. The molecule has 0 fully saturated rings. The van der Waals surface area contributed by atoms with Crippen LogP contribution in [0.2, 0.25) is 5.02 Å². The number of hydrogen-bond acceptors (Lipinski definition) is 4. The number of benzene rings is 1. The number of thiazole rings is 1. The van der Waals surface area contributed by atoms with Gasteiger partial charge in [-0.2, -0.15) is 5.10 Å². The Balaban J connectivity index is 1.85. The third-order valence-corrected chi connectivity index (χ3v) is 4.85. The topological polar surface area (TPSA) is 43.6 Å². The normalized spacial score (nSPS) is 11.2. The van der Waals surface area contributed by atoms with Crippen molar-refractivity contribution in [3.8, 4) is 11.3 Å². The highest BCUT2D eigenvalue weighted by Crippen LogP contribution is 2.30. The van der Waals surface area contributed by atoms with Gasteiger partial charge in [0.25, 0.3) is 0 Å². The zero-order valence-electron chi connectivity index (χ0n) is 12.4. The summed E-state index contributed by atoms with van der Waals surface area (Å²) in [5.41, 5.74) is 3.90. The van der Waals surface area contributed by atoms with E-state index in [0.29, 0.717) is 5.02 Å². The van der Waals surface area contributed by atoms with Crippen molar-refractivity contribution in [2.75, 3.05) is 0 Å². The van der Waals surface area contributed by atoms with Gasteiger partial charge in [0.1, 0.15) is 0 Å². The summed E-state index contributed by atoms with van der Waals surface area (Å²) < 4.78 is 1.90. The summed E-state index contributed by atoms with van der Waals surface area (Å²) in [6, 6.07) is 9.90. The largest absolute Gasteiger partial charge is 0.268 e. The van der Waals surface area contributed by atoms with Gasteiger partial charge >= 0.3 is 0 Å². The number of halogens is 1. The fourth-order valence-electron chi connectivity index (χ4n) is 2.70. The Morgan fingerprint density at radius 2 is 2.09 bits per heavy atom. The van der Waals surface area contributed by atoms with Gasteiger partial charge in [-0.05, 0) is 24.3 Å². The molecule has 23 heavy (non-hydrogen) atoms. The molecule has 0 radical (unpaired) electrons. The molecule has 0 saturated heterocycles. The van der Waals surface area contributed by atoms with E-state index < -0.39 is 0 Å². The molecule has 3 heterocycles. The summed E-state index contributed by atoms with van der Waals surface area (Å²) in [5.74, 6) is 0. The van der Waals surface area contributed by atoms with Crippen molar-refractivity contribution in [1.82, 2.24) is 19.7 Å². The lowest BCUT2D eigenvalue weighted by molar-refractivity contribution is 0.773. The Hall–Kier alpha value is -2.24. The predicted molar refractivity (Wildman–Crippen MR) is 93.9 cm³/mol. The van der Waals surface area contributed by atoms with Crippen LogP contribution in [0.1, 0.15) is 10.7 Å². The molecule has 0 aliphatic rings. The van der Waals surface area contributed by atoms with Crippen molar-refractivity contribution in [2.45, 2.75) is 6.42 Å². The van der Waals surface area contributed by atoms with Crippen LogP contribution in [0.3, 0.4) is 0 Å². The van der Waals surface area contributed by atoms with Gasteiger partial charge in [0.2, 0.25) is 0 Å². The number of fused-ring (bicyclic) bond motifs is 1. The van der Waals surface area contributed by atoms with Gasteiger partial charge in [-0.25, -0.2) is 4.98 Å². The van der Waals surface area contributed by atoms with E-state index in [1.54, 1.807) is 17.5 Å². The number of rotatable bonds is 3. The highest BCUT2D eigenvalue weighted by Gasteiger charge is 2.13. The lowest BCUT2D eigenvalue weighted by Gasteiger charge is -2.04. The maximum atomic E-state index is 6.28.